The molecule has 0 saturated carbocycles. The number of allylic oxidation sites excluding steroid dienone is 1. The first-order valence-corrected chi connectivity index (χ1v) is 14.4. The lowest BCUT2D eigenvalue weighted by Crippen LogP contribution is -2.51. The van der Waals surface area contributed by atoms with E-state index in [9.17, 15) is 14.4 Å². The number of thiophene rings is 1. The van der Waals surface area contributed by atoms with Crippen LogP contribution in [-0.4, -0.2) is 29.6 Å². The molecule has 7 rings (SSSR count). The molecule has 192 valence electrons. The van der Waals surface area contributed by atoms with Gasteiger partial charge in [0, 0.05) is 27.0 Å². The van der Waals surface area contributed by atoms with Crippen molar-refractivity contribution in [1.29, 1.82) is 0 Å². The third kappa shape index (κ3) is 3.33. The summed E-state index contributed by atoms with van der Waals surface area (Å²) < 4.78 is 0.847. The zero-order chi connectivity index (χ0) is 26.9. The predicted molar refractivity (Wildman–Crippen MR) is 158 cm³/mol. The van der Waals surface area contributed by atoms with Crippen LogP contribution in [0.15, 0.2) is 101 Å². The summed E-state index contributed by atoms with van der Waals surface area (Å²) in [6.07, 6.45) is 2.08. The molecule has 0 aliphatic carbocycles. The molecule has 4 atom stereocenters. The molecule has 3 aromatic carbocycles. The quantitative estimate of drug-likeness (QED) is 0.265. The molecule has 5 nitrogen and oxygen atoms in total. The fraction of sp³-hybridized carbons (Fsp3) is 0.156. The van der Waals surface area contributed by atoms with Crippen LogP contribution >= 0.6 is 27.3 Å². The minimum atomic E-state index is -1.30. The number of Topliss-reactive ketones (excluding diaryl/α,β-unsaturated/α-hetero) is 2. The lowest BCUT2D eigenvalue weighted by Gasteiger charge is -2.39. The smallest absolute Gasteiger partial charge is 0.238 e. The van der Waals surface area contributed by atoms with Gasteiger partial charge in [0.05, 0.1) is 16.8 Å². The van der Waals surface area contributed by atoms with Crippen LogP contribution in [0.25, 0.3) is 5.57 Å². The Morgan fingerprint density at radius 1 is 0.923 bits per heavy atom. The number of carbonyl (C=O) groups excluding carboxylic acids is 3. The zero-order valence-electron chi connectivity index (χ0n) is 20.9. The summed E-state index contributed by atoms with van der Waals surface area (Å²) in [7, 11) is 0. The highest BCUT2D eigenvalue weighted by Gasteiger charge is 2.70. The van der Waals surface area contributed by atoms with Gasteiger partial charge in [-0.05, 0) is 53.8 Å². The van der Waals surface area contributed by atoms with Gasteiger partial charge in [0.1, 0.15) is 11.5 Å². The molecule has 1 amide bonds. The number of hydrogen-bond donors (Lipinski definition) is 1. The van der Waals surface area contributed by atoms with Crippen molar-refractivity contribution in [3.8, 4) is 0 Å². The van der Waals surface area contributed by atoms with E-state index in [2.05, 4.69) is 27.3 Å². The van der Waals surface area contributed by atoms with E-state index in [-0.39, 0.29) is 17.5 Å². The van der Waals surface area contributed by atoms with Crippen LogP contribution in [0, 0.1) is 5.92 Å². The Balaban J connectivity index is 1.56. The molecule has 1 N–H and O–H groups in total. The van der Waals surface area contributed by atoms with Gasteiger partial charge in [-0.2, -0.15) is 0 Å². The first-order valence-electron chi connectivity index (χ1n) is 12.8. The van der Waals surface area contributed by atoms with Crippen LogP contribution in [0.3, 0.4) is 0 Å². The fourth-order valence-corrected chi connectivity index (χ4v) is 7.71. The van der Waals surface area contributed by atoms with Crippen LogP contribution in [0.4, 0.5) is 11.4 Å². The molecule has 3 aliphatic rings. The topological polar surface area (TPSA) is 66.5 Å². The number of fused-ring (bicyclic) bond motifs is 6. The second-order valence-corrected chi connectivity index (χ2v) is 12.1. The van der Waals surface area contributed by atoms with Gasteiger partial charge in [-0.25, -0.2) is 0 Å². The van der Waals surface area contributed by atoms with E-state index in [0.29, 0.717) is 16.1 Å². The van der Waals surface area contributed by atoms with E-state index >= 15 is 0 Å². The third-order valence-electron chi connectivity index (χ3n) is 8.33. The highest BCUT2D eigenvalue weighted by atomic mass is 79.9. The fourth-order valence-electron chi connectivity index (χ4n) is 6.75. The minimum absolute atomic E-state index is 0.151. The van der Waals surface area contributed by atoms with Gasteiger partial charge in [0.2, 0.25) is 5.91 Å². The van der Waals surface area contributed by atoms with Crippen molar-refractivity contribution in [2.24, 2.45) is 5.92 Å². The van der Waals surface area contributed by atoms with Crippen molar-refractivity contribution in [3.05, 3.63) is 122 Å². The second kappa shape index (κ2) is 8.86. The number of halogens is 1. The van der Waals surface area contributed by atoms with E-state index in [1.54, 1.807) is 18.2 Å². The lowest BCUT2D eigenvalue weighted by molar-refractivity contribution is -0.121. The molecule has 1 spiro atoms. The van der Waals surface area contributed by atoms with E-state index in [0.717, 1.165) is 26.9 Å². The SMILES string of the molecule is CC1=C[C@@H]2N(c3ccccc31)[C@@H](C(=O)c1cccs1)[C@@H](C(=O)c1ccc(Br)cc1)[C@]21C(=O)Nc2ccccc21. The Labute approximate surface area is 238 Å². The number of para-hydroxylation sites is 2. The Bertz CT molecular complexity index is 1690. The van der Waals surface area contributed by atoms with Crippen molar-refractivity contribution in [1.82, 2.24) is 0 Å². The van der Waals surface area contributed by atoms with E-state index < -0.39 is 23.4 Å². The average Bonchev–Trinajstić information content (AvgIpc) is 3.66. The third-order valence-corrected chi connectivity index (χ3v) is 9.74. The predicted octanol–water partition coefficient (Wildman–Crippen LogP) is 6.76. The number of hydrogen-bond acceptors (Lipinski definition) is 5. The first kappa shape index (κ1) is 24.2. The van der Waals surface area contributed by atoms with E-state index in [1.807, 2.05) is 83.9 Å². The number of amides is 1. The Kier molecular flexibility index (Phi) is 5.51. The minimum Gasteiger partial charge on any atom is -0.352 e. The summed E-state index contributed by atoms with van der Waals surface area (Å²) in [5.41, 5.74) is 3.49. The highest BCUT2D eigenvalue weighted by molar-refractivity contribution is 9.10. The van der Waals surface area contributed by atoms with Gasteiger partial charge in [-0.15, -0.1) is 11.3 Å². The monoisotopic (exact) mass is 594 g/mol. The van der Waals surface area contributed by atoms with Crippen molar-refractivity contribution in [3.63, 3.8) is 0 Å². The van der Waals surface area contributed by atoms with Gasteiger partial charge < -0.3 is 10.2 Å². The van der Waals surface area contributed by atoms with Crippen LogP contribution in [0.5, 0.6) is 0 Å². The number of nitrogens with zero attached hydrogens (tertiary/aromatic N) is 1. The summed E-state index contributed by atoms with van der Waals surface area (Å²) in [5, 5.41) is 4.95. The van der Waals surface area contributed by atoms with Crippen molar-refractivity contribution >= 4 is 61.7 Å². The number of carbonyl (C=O) groups is 3. The number of benzene rings is 3. The van der Waals surface area contributed by atoms with E-state index in [1.165, 1.54) is 11.3 Å². The number of nitrogens with one attached hydrogen (secondary N) is 1. The van der Waals surface area contributed by atoms with Crippen molar-refractivity contribution in [2.45, 2.75) is 24.4 Å². The maximum atomic E-state index is 14.7. The second-order valence-electron chi connectivity index (χ2n) is 10.2. The van der Waals surface area contributed by atoms with Gasteiger partial charge in [0.15, 0.2) is 11.6 Å². The molecule has 4 heterocycles. The highest BCUT2D eigenvalue weighted by Crippen LogP contribution is 2.58. The van der Waals surface area contributed by atoms with Gasteiger partial charge in [0.25, 0.3) is 0 Å². The standard InChI is InChI=1S/C32H23BrN2O3S/c1-18-17-26-32(22-8-3-4-9-23(22)34-31(32)38)27(29(36)19-12-14-20(33)15-13-19)28(30(37)25-11-6-16-39-25)35(26)24-10-5-2-7-21(18)24/h2-17,26-28H,1H3,(H,34,38)/t26-,27-,28+,32+/m0/s1. The Morgan fingerprint density at radius 2 is 1.67 bits per heavy atom. The molecule has 1 saturated heterocycles. The summed E-state index contributed by atoms with van der Waals surface area (Å²) in [6, 6.07) is 24.9. The molecule has 4 aromatic rings. The normalized spacial score (nSPS) is 24.6. The van der Waals surface area contributed by atoms with Crippen LogP contribution in [-0.2, 0) is 10.2 Å². The summed E-state index contributed by atoms with van der Waals surface area (Å²) in [5.74, 6) is -1.58. The van der Waals surface area contributed by atoms with Crippen LogP contribution < -0.4 is 10.2 Å². The molecular formula is C32H23BrN2O3S. The van der Waals surface area contributed by atoms with Crippen LogP contribution in [0.1, 0.15) is 38.1 Å². The Hall–Kier alpha value is -3.81. The van der Waals surface area contributed by atoms with Gasteiger partial charge >= 0.3 is 0 Å². The van der Waals surface area contributed by atoms with Crippen LogP contribution in [0.2, 0.25) is 0 Å². The molecule has 39 heavy (non-hydrogen) atoms. The number of rotatable bonds is 4. The largest absolute Gasteiger partial charge is 0.352 e. The van der Waals surface area contributed by atoms with E-state index in [4.69, 9.17) is 0 Å². The zero-order valence-corrected chi connectivity index (χ0v) is 23.3. The molecule has 0 unspecified atom stereocenters. The summed E-state index contributed by atoms with van der Waals surface area (Å²) >= 11 is 4.82. The Morgan fingerprint density at radius 3 is 2.44 bits per heavy atom. The molecule has 1 fully saturated rings. The van der Waals surface area contributed by atoms with Gasteiger partial charge in [-0.1, -0.05) is 76.6 Å². The maximum Gasteiger partial charge on any atom is 0.238 e. The molecule has 0 bridgehead atoms. The lowest BCUT2D eigenvalue weighted by atomic mass is 9.64. The molecular weight excluding hydrogens is 572 g/mol. The number of ketones is 2. The molecule has 0 radical (unpaired) electrons. The molecule has 1 aromatic heterocycles. The molecule has 3 aliphatic heterocycles. The summed E-state index contributed by atoms with van der Waals surface area (Å²) in [4.78, 5) is 46.1. The van der Waals surface area contributed by atoms with Crippen molar-refractivity contribution in [2.75, 3.05) is 10.2 Å². The average molecular weight is 596 g/mol. The first-order chi connectivity index (χ1) is 18.9. The molecule has 7 heteroatoms. The van der Waals surface area contributed by atoms with Gasteiger partial charge in [-0.3, -0.25) is 14.4 Å². The summed E-state index contributed by atoms with van der Waals surface area (Å²) in [6.45, 7) is 2.03. The number of anilines is 2. The van der Waals surface area contributed by atoms with Crippen molar-refractivity contribution < 1.29 is 14.4 Å². The maximum absolute atomic E-state index is 14.7.